The Bertz CT molecular complexity index is 491. The van der Waals surface area contributed by atoms with Crippen molar-refractivity contribution in [1.29, 1.82) is 0 Å². The van der Waals surface area contributed by atoms with E-state index in [1.165, 1.54) is 0 Å². The number of hydrogen-bond donors (Lipinski definition) is 3. The van der Waals surface area contributed by atoms with Crippen LogP contribution in [0.4, 0.5) is 0 Å². The van der Waals surface area contributed by atoms with E-state index in [2.05, 4.69) is 10.6 Å². The minimum atomic E-state index is -0.372. The summed E-state index contributed by atoms with van der Waals surface area (Å²) in [5.41, 5.74) is 0.994. The summed E-state index contributed by atoms with van der Waals surface area (Å²) in [5, 5.41) is 15.7. The first-order valence-electron chi connectivity index (χ1n) is 7.49. The number of halogens is 1. The lowest BCUT2D eigenvalue weighted by Crippen LogP contribution is -2.34. The van der Waals surface area contributed by atoms with Gasteiger partial charge in [0.1, 0.15) is 11.5 Å². The van der Waals surface area contributed by atoms with E-state index in [0.29, 0.717) is 25.9 Å². The maximum Gasteiger partial charge on any atom is 0.220 e. The monoisotopic (exact) mass is 344 g/mol. The Morgan fingerprint density at radius 3 is 2.43 bits per heavy atom. The van der Waals surface area contributed by atoms with Crippen LogP contribution < -0.4 is 20.1 Å². The number of carbonyl (C=O) groups excluding carboxylic acids is 1. The van der Waals surface area contributed by atoms with Gasteiger partial charge in [0.2, 0.25) is 5.91 Å². The van der Waals surface area contributed by atoms with Gasteiger partial charge in [-0.05, 0) is 24.1 Å². The molecule has 2 unspecified atom stereocenters. The lowest BCUT2D eigenvalue weighted by atomic mass is 10.1. The molecule has 0 radical (unpaired) electrons. The van der Waals surface area contributed by atoms with Crippen LogP contribution in [0.2, 0.25) is 0 Å². The summed E-state index contributed by atoms with van der Waals surface area (Å²) in [4.78, 5) is 11.9. The number of aryl methyl sites for hydroxylation is 1. The highest BCUT2D eigenvalue weighted by molar-refractivity contribution is 5.85. The second-order valence-corrected chi connectivity index (χ2v) is 5.51. The molecule has 1 saturated heterocycles. The van der Waals surface area contributed by atoms with Gasteiger partial charge in [-0.3, -0.25) is 4.79 Å². The molecule has 0 aromatic heterocycles. The Hall–Kier alpha value is -1.50. The van der Waals surface area contributed by atoms with Crippen molar-refractivity contribution in [3.63, 3.8) is 0 Å². The molecule has 0 aliphatic carbocycles. The van der Waals surface area contributed by atoms with E-state index >= 15 is 0 Å². The molecule has 1 aliphatic heterocycles. The van der Waals surface area contributed by atoms with Crippen molar-refractivity contribution in [1.82, 2.24) is 10.6 Å². The number of ether oxygens (including phenoxy) is 2. The average molecular weight is 345 g/mol. The van der Waals surface area contributed by atoms with Crippen molar-refractivity contribution in [2.75, 3.05) is 33.9 Å². The zero-order valence-corrected chi connectivity index (χ0v) is 14.3. The summed E-state index contributed by atoms with van der Waals surface area (Å²) in [6.07, 6.45) is 0.639. The third-order valence-electron chi connectivity index (χ3n) is 3.92. The summed E-state index contributed by atoms with van der Waals surface area (Å²) in [5.74, 6) is 1.52. The van der Waals surface area contributed by atoms with Crippen molar-refractivity contribution < 1.29 is 19.4 Å². The van der Waals surface area contributed by atoms with Crippen LogP contribution in [-0.2, 0) is 11.2 Å². The second-order valence-electron chi connectivity index (χ2n) is 5.51. The maximum atomic E-state index is 11.9. The summed E-state index contributed by atoms with van der Waals surface area (Å²) < 4.78 is 10.4. The summed E-state index contributed by atoms with van der Waals surface area (Å²) in [6, 6.07) is 5.61. The highest BCUT2D eigenvalue weighted by Crippen LogP contribution is 2.23. The molecule has 1 aromatic rings. The standard InChI is InChI=1S/C16H24N2O4.ClH/c1-21-13-5-11(6-14(7-13)22-2)3-4-16(20)18-9-12-8-17-10-15(12)19;/h5-7,12,15,17,19H,3-4,8-10H2,1-2H3,(H,18,20);1H. The number of benzene rings is 1. The van der Waals surface area contributed by atoms with E-state index in [1.807, 2.05) is 12.1 Å². The Labute approximate surface area is 143 Å². The zero-order chi connectivity index (χ0) is 15.9. The number of hydrogen-bond acceptors (Lipinski definition) is 5. The number of carbonyl (C=O) groups is 1. The maximum absolute atomic E-state index is 11.9. The van der Waals surface area contributed by atoms with Crippen LogP contribution in [-0.4, -0.2) is 51.0 Å². The molecular formula is C16H25ClN2O4. The third-order valence-corrected chi connectivity index (χ3v) is 3.92. The first-order valence-corrected chi connectivity index (χ1v) is 7.49. The van der Waals surface area contributed by atoms with Gasteiger partial charge >= 0.3 is 0 Å². The topological polar surface area (TPSA) is 79.8 Å². The Morgan fingerprint density at radius 2 is 1.91 bits per heavy atom. The van der Waals surface area contributed by atoms with Gasteiger partial charge in [0.15, 0.2) is 0 Å². The molecule has 0 spiro atoms. The quantitative estimate of drug-likeness (QED) is 0.680. The minimum Gasteiger partial charge on any atom is -0.497 e. The molecule has 1 heterocycles. The average Bonchev–Trinajstić information content (AvgIpc) is 2.95. The molecule has 23 heavy (non-hydrogen) atoms. The molecule has 2 rings (SSSR count). The Balaban J connectivity index is 0.00000264. The minimum absolute atomic E-state index is 0. The van der Waals surface area contributed by atoms with Crippen LogP contribution in [0, 0.1) is 5.92 Å². The fourth-order valence-electron chi connectivity index (χ4n) is 2.53. The number of amides is 1. The van der Waals surface area contributed by atoms with Gasteiger partial charge in [-0.15, -0.1) is 12.4 Å². The SMILES string of the molecule is COc1cc(CCC(=O)NCC2CNCC2O)cc(OC)c1.Cl. The molecular weight excluding hydrogens is 320 g/mol. The predicted molar refractivity (Wildman–Crippen MR) is 90.5 cm³/mol. The second kappa shape index (κ2) is 9.60. The van der Waals surface area contributed by atoms with Crippen molar-refractivity contribution in [3.8, 4) is 11.5 Å². The molecule has 7 heteroatoms. The van der Waals surface area contributed by atoms with Gasteiger partial charge < -0.3 is 25.2 Å². The van der Waals surface area contributed by atoms with Crippen LogP contribution >= 0.6 is 12.4 Å². The molecule has 130 valence electrons. The molecule has 0 saturated carbocycles. The van der Waals surface area contributed by atoms with Crippen molar-refractivity contribution in [2.24, 2.45) is 5.92 Å². The fraction of sp³-hybridized carbons (Fsp3) is 0.562. The van der Waals surface area contributed by atoms with Gasteiger partial charge in [-0.2, -0.15) is 0 Å². The smallest absolute Gasteiger partial charge is 0.220 e. The molecule has 3 N–H and O–H groups in total. The number of nitrogens with one attached hydrogen (secondary N) is 2. The van der Waals surface area contributed by atoms with Gasteiger partial charge in [0, 0.05) is 38.0 Å². The number of aliphatic hydroxyl groups is 1. The van der Waals surface area contributed by atoms with Crippen LogP contribution in [0.1, 0.15) is 12.0 Å². The van der Waals surface area contributed by atoms with Crippen molar-refractivity contribution in [2.45, 2.75) is 18.9 Å². The predicted octanol–water partition coefficient (Wildman–Crippen LogP) is 0.755. The Morgan fingerprint density at radius 1 is 1.26 bits per heavy atom. The van der Waals surface area contributed by atoms with Gasteiger partial charge in [-0.1, -0.05) is 0 Å². The lowest BCUT2D eigenvalue weighted by Gasteiger charge is -2.14. The van der Waals surface area contributed by atoms with Crippen molar-refractivity contribution in [3.05, 3.63) is 23.8 Å². The molecule has 1 aliphatic rings. The third kappa shape index (κ3) is 5.89. The largest absolute Gasteiger partial charge is 0.497 e. The summed E-state index contributed by atoms with van der Waals surface area (Å²) in [6.45, 7) is 1.85. The van der Waals surface area contributed by atoms with Gasteiger partial charge in [-0.25, -0.2) is 0 Å². The first-order chi connectivity index (χ1) is 10.6. The summed E-state index contributed by atoms with van der Waals surface area (Å²) in [7, 11) is 3.21. The Kier molecular flexibility index (Phi) is 8.16. The molecule has 1 amide bonds. The van der Waals surface area contributed by atoms with E-state index in [4.69, 9.17) is 9.47 Å². The number of β-amino-alcohol motifs (C(OH)–C–C–N with tert-alkyl or cyclic N) is 1. The highest BCUT2D eigenvalue weighted by atomic mass is 35.5. The van der Waals surface area contributed by atoms with Crippen molar-refractivity contribution >= 4 is 18.3 Å². The van der Waals surface area contributed by atoms with Crippen LogP contribution in [0.3, 0.4) is 0 Å². The van der Waals surface area contributed by atoms with E-state index in [-0.39, 0.29) is 30.3 Å². The van der Waals surface area contributed by atoms with E-state index < -0.39 is 0 Å². The lowest BCUT2D eigenvalue weighted by molar-refractivity contribution is -0.121. The highest BCUT2D eigenvalue weighted by Gasteiger charge is 2.24. The number of rotatable bonds is 7. The van der Waals surface area contributed by atoms with Gasteiger partial charge in [0.25, 0.3) is 0 Å². The number of methoxy groups -OCH3 is 2. The molecule has 1 fully saturated rings. The summed E-state index contributed by atoms with van der Waals surface area (Å²) >= 11 is 0. The number of aliphatic hydroxyl groups excluding tert-OH is 1. The first kappa shape index (κ1) is 19.5. The van der Waals surface area contributed by atoms with Crippen LogP contribution in [0.5, 0.6) is 11.5 Å². The molecule has 1 aromatic carbocycles. The fourth-order valence-corrected chi connectivity index (χ4v) is 2.53. The van der Waals surface area contributed by atoms with Crippen LogP contribution in [0.25, 0.3) is 0 Å². The van der Waals surface area contributed by atoms with Crippen LogP contribution in [0.15, 0.2) is 18.2 Å². The van der Waals surface area contributed by atoms with E-state index in [9.17, 15) is 9.90 Å². The normalized spacial score (nSPS) is 19.8. The zero-order valence-electron chi connectivity index (χ0n) is 13.5. The van der Waals surface area contributed by atoms with Gasteiger partial charge in [0.05, 0.1) is 20.3 Å². The molecule has 0 bridgehead atoms. The molecule has 6 nitrogen and oxygen atoms in total. The van der Waals surface area contributed by atoms with E-state index in [0.717, 1.165) is 23.6 Å². The van der Waals surface area contributed by atoms with E-state index in [1.54, 1.807) is 20.3 Å². The molecule has 2 atom stereocenters.